The van der Waals surface area contributed by atoms with Crippen LogP contribution in [-0.4, -0.2) is 54.2 Å². The molecule has 2 atom stereocenters. The molecule has 1 aromatic carbocycles. The molecule has 0 aliphatic carbocycles. The van der Waals surface area contributed by atoms with Crippen LogP contribution < -0.4 is 5.32 Å². The van der Waals surface area contributed by atoms with Gasteiger partial charge in [0, 0.05) is 31.7 Å². The van der Waals surface area contributed by atoms with Gasteiger partial charge in [-0.25, -0.2) is 4.98 Å². The van der Waals surface area contributed by atoms with Gasteiger partial charge < -0.3 is 10.1 Å². The zero-order valence-corrected chi connectivity index (χ0v) is 14.9. The Hall–Kier alpha value is -1.76. The first-order chi connectivity index (χ1) is 11.6. The van der Waals surface area contributed by atoms with Gasteiger partial charge in [-0.15, -0.1) is 11.3 Å². The molecule has 0 spiro atoms. The Kier molecular flexibility index (Phi) is 5.60. The molecule has 2 unspecified atom stereocenters. The van der Waals surface area contributed by atoms with E-state index in [1.807, 2.05) is 30.3 Å². The van der Waals surface area contributed by atoms with Crippen LogP contribution in [0.25, 0.3) is 10.6 Å². The number of rotatable bonds is 5. The molecule has 1 N–H and O–H groups in total. The van der Waals surface area contributed by atoms with Gasteiger partial charge in [0.25, 0.3) is 5.91 Å². The molecule has 128 valence electrons. The Bertz CT molecular complexity index is 664. The molecule has 1 amide bonds. The Morgan fingerprint density at radius 2 is 2.00 bits per heavy atom. The summed E-state index contributed by atoms with van der Waals surface area (Å²) < 4.78 is 5.72. The first-order valence-electron chi connectivity index (χ1n) is 8.29. The van der Waals surface area contributed by atoms with Gasteiger partial charge in [0.15, 0.2) is 0 Å². The largest absolute Gasteiger partial charge is 0.373 e. The van der Waals surface area contributed by atoms with Crippen molar-refractivity contribution >= 4 is 17.2 Å². The monoisotopic (exact) mass is 345 g/mol. The minimum atomic E-state index is -0.0518. The molecular formula is C18H23N3O2S. The maximum Gasteiger partial charge on any atom is 0.263 e. The molecule has 0 saturated carbocycles. The number of carbonyl (C=O) groups excluding carboxylic acids is 1. The van der Waals surface area contributed by atoms with Crippen molar-refractivity contribution in [1.29, 1.82) is 0 Å². The van der Waals surface area contributed by atoms with Gasteiger partial charge in [-0.05, 0) is 13.8 Å². The van der Waals surface area contributed by atoms with Crippen molar-refractivity contribution in [2.75, 3.05) is 26.2 Å². The lowest BCUT2D eigenvalue weighted by atomic mass is 10.2. The third-order valence-electron chi connectivity index (χ3n) is 3.96. The van der Waals surface area contributed by atoms with Crippen molar-refractivity contribution in [3.8, 4) is 10.6 Å². The minimum absolute atomic E-state index is 0.0518. The van der Waals surface area contributed by atoms with Crippen molar-refractivity contribution in [2.45, 2.75) is 26.1 Å². The van der Waals surface area contributed by atoms with E-state index >= 15 is 0 Å². The van der Waals surface area contributed by atoms with Crippen LogP contribution in [0.2, 0.25) is 0 Å². The van der Waals surface area contributed by atoms with Crippen LogP contribution in [0.4, 0.5) is 0 Å². The zero-order valence-electron chi connectivity index (χ0n) is 14.1. The van der Waals surface area contributed by atoms with Gasteiger partial charge in [0.2, 0.25) is 0 Å². The van der Waals surface area contributed by atoms with Crippen LogP contribution in [0.5, 0.6) is 0 Å². The normalized spacial score (nSPS) is 21.6. The highest BCUT2D eigenvalue weighted by atomic mass is 32.1. The molecule has 1 aliphatic heterocycles. The number of hydrogen-bond donors (Lipinski definition) is 1. The summed E-state index contributed by atoms with van der Waals surface area (Å²) in [6.07, 6.45) is 2.15. The Balaban J connectivity index is 1.50. The number of thiazole rings is 1. The van der Waals surface area contributed by atoms with Crippen molar-refractivity contribution < 1.29 is 9.53 Å². The first-order valence-corrected chi connectivity index (χ1v) is 9.10. The molecule has 3 rings (SSSR count). The topological polar surface area (TPSA) is 54.5 Å². The molecule has 2 aromatic rings. The molecule has 1 aromatic heterocycles. The molecular weight excluding hydrogens is 322 g/mol. The van der Waals surface area contributed by atoms with E-state index < -0.39 is 0 Å². The number of nitrogens with zero attached hydrogens (tertiary/aromatic N) is 2. The van der Waals surface area contributed by atoms with Gasteiger partial charge in [-0.1, -0.05) is 30.3 Å². The lowest BCUT2D eigenvalue weighted by Crippen LogP contribution is -2.47. The number of ether oxygens (including phenoxy) is 1. The van der Waals surface area contributed by atoms with Crippen molar-refractivity contribution in [2.24, 2.45) is 0 Å². The second kappa shape index (κ2) is 7.88. The van der Waals surface area contributed by atoms with Crippen LogP contribution in [0.15, 0.2) is 36.5 Å². The summed E-state index contributed by atoms with van der Waals surface area (Å²) in [5.74, 6) is -0.0518. The lowest BCUT2D eigenvalue weighted by Gasteiger charge is -2.35. The van der Waals surface area contributed by atoms with Crippen LogP contribution in [0.3, 0.4) is 0 Å². The SMILES string of the molecule is CC1CN(CCNC(=O)c2cnc(-c3ccccc3)s2)CC(C)O1. The van der Waals surface area contributed by atoms with Gasteiger partial charge in [0.1, 0.15) is 9.88 Å². The zero-order chi connectivity index (χ0) is 16.9. The number of aromatic nitrogens is 1. The van der Waals surface area contributed by atoms with Crippen molar-refractivity contribution in [1.82, 2.24) is 15.2 Å². The number of amides is 1. The third-order valence-corrected chi connectivity index (χ3v) is 5.00. The fraction of sp³-hybridized carbons (Fsp3) is 0.444. The van der Waals surface area contributed by atoms with Gasteiger partial charge >= 0.3 is 0 Å². The highest BCUT2D eigenvalue weighted by molar-refractivity contribution is 7.16. The number of carbonyl (C=O) groups is 1. The number of nitrogens with one attached hydrogen (secondary N) is 1. The van der Waals surface area contributed by atoms with E-state index in [4.69, 9.17) is 4.74 Å². The Morgan fingerprint density at radius 3 is 2.71 bits per heavy atom. The molecule has 2 heterocycles. The van der Waals surface area contributed by atoms with Gasteiger partial charge in [-0.3, -0.25) is 9.69 Å². The Labute approximate surface area is 146 Å². The highest BCUT2D eigenvalue weighted by Gasteiger charge is 2.21. The predicted octanol–water partition coefficient (Wildman–Crippen LogP) is 2.65. The summed E-state index contributed by atoms with van der Waals surface area (Å²) in [6, 6.07) is 9.92. The molecule has 1 fully saturated rings. The Morgan fingerprint density at radius 1 is 1.29 bits per heavy atom. The van der Waals surface area contributed by atoms with Crippen LogP contribution in [0, 0.1) is 0 Å². The van der Waals surface area contributed by atoms with E-state index in [1.54, 1.807) is 6.20 Å². The summed E-state index contributed by atoms with van der Waals surface area (Å²) in [7, 11) is 0. The summed E-state index contributed by atoms with van der Waals surface area (Å²) in [4.78, 5) is 19.6. The predicted molar refractivity (Wildman–Crippen MR) is 96.3 cm³/mol. The second-order valence-corrected chi connectivity index (χ2v) is 7.20. The fourth-order valence-electron chi connectivity index (χ4n) is 2.97. The van der Waals surface area contributed by atoms with Crippen molar-refractivity contribution in [3.05, 3.63) is 41.4 Å². The van der Waals surface area contributed by atoms with E-state index in [1.165, 1.54) is 11.3 Å². The molecule has 0 bridgehead atoms. The minimum Gasteiger partial charge on any atom is -0.373 e. The van der Waals surface area contributed by atoms with Crippen LogP contribution >= 0.6 is 11.3 Å². The van der Waals surface area contributed by atoms with Crippen molar-refractivity contribution in [3.63, 3.8) is 0 Å². The summed E-state index contributed by atoms with van der Waals surface area (Å²) in [6.45, 7) is 7.48. The fourth-order valence-corrected chi connectivity index (χ4v) is 3.81. The maximum atomic E-state index is 12.3. The average Bonchev–Trinajstić information content (AvgIpc) is 3.05. The number of benzene rings is 1. The lowest BCUT2D eigenvalue weighted by molar-refractivity contribution is -0.0672. The molecule has 1 aliphatic rings. The second-order valence-electron chi connectivity index (χ2n) is 6.17. The molecule has 24 heavy (non-hydrogen) atoms. The first kappa shape index (κ1) is 17.1. The van der Waals surface area contributed by atoms with Gasteiger partial charge in [0.05, 0.1) is 18.4 Å². The van der Waals surface area contributed by atoms with Crippen LogP contribution in [0.1, 0.15) is 23.5 Å². The third kappa shape index (κ3) is 4.41. The number of morpholine rings is 1. The highest BCUT2D eigenvalue weighted by Crippen LogP contribution is 2.24. The molecule has 0 radical (unpaired) electrons. The molecule has 5 nitrogen and oxygen atoms in total. The van der Waals surface area contributed by atoms with E-state index in [2.05, 4.69) is 29.0 Å². The summed E-state index contributed by atoms with van der Waals surface area (Å²) in [5.41, 5.74) is 1.04. The summed E-state index contributed by atoms with van der Waals surface area (Å²) >= 11 is 1.42. The van der Waals surface area contributed by atoms with Gasteiger partial charge in [-0.2, -0.15) is 0 Å². The standard InChI is InChI=1S/C18H23N3O2S/c1-13-11-21(12-14(2)23-13)9-8-19-17(22)16-10-20-18(24-16)15-6-4-3-5-7-15/h3-7,10,13-14H,8-9,11-12H2,1-2H3,(H,19,22). The van der Waals surface area contributed by atoms with E-state index in [0.717, 1.165) is 30.2 Å². The number of hydrogen-bond acceptors (Lipinski definition) is 5. The smallest absolute Gasteiger partial charge is 0.263 e. The maximum absolute atomic E-state index is 12.3. The molecule has 1 saturated heterocycles. The van der Waals surface area contributed by atoms with Crippen LogP contribution in [-0.2, 0) is 4.74 Å². The van der Waals surface area contributed by atoms with E-state index in [9.17, 15) is 4.79 Å². The van der Waals surface area contributed by atoms with E-state index in [-0.39, 0.29) is 18.1 Å². The quantitative estimate of drug-likeness (QED) is 0.905. The van der Waals surface area contributed by atoms with E-state index in [0.29, 0.717) is 11.4 Å². The average molecular weight is 345 g/mol. The molecule has 6 heteroatoms. The summed E-state index contributed by atoms with van der Waals surface area (Å²) in [5, 5.41) is 3.86.